The van der Waals surface area contributed by atoms with Gasteiger partial charge in [-0.05, 0) is 25.5 Å². The zero-order valence-electron chi connectivity index (χ0n) is 11.9. The smallest absolute Gasteiger partial charge is 0.120 e. The molecule has 0 saturated carbocycles. The number of ether oxygens (including phenoxy) is 2. The number of hydrogen-bond donors (Lipinski definition) is 2. The van der Waals surface area contributed by atoms with Crippen LogP contribution in [0.2, 0.25) is 0 Å². The number of rotatable bonds is 5. The van der Waals surface area contributed by atoms with E-state index in [1.54, 1.807) is 13.2 Å². The number of benzene rings is 1. The average Bonchev–Trinajstić information content (AvgIpc) is 2.85. The quantitative estimate of drug-likeness (QED) is 0.856. The van der Waals surface area contributed by atoms with Gasteiger partial charge in [-0.1, -0.05) is 12.1 Å². The van der Waals surface area contributed by atoms with Crippen molar-refractivity contribution in [1.29, 1.82) is 0 Å². The van der Waals surface area contributed by atoms with Gasteiger partial charge in [-0.2, -0.15) is 0 Å². The van der Waals surface area contributed by atoms with Crippen molar-refractivity contribution in [1.82, 2.24) is 5.32 Å². The zero-order valence-corrected chi connectivity index (χ0v) is 11.9. The minimum absolute atomic E-state index is 0.0771. The van der Waals surface area contributed by atoms with Crippen LogP contribution in [0.25, 0.3) is 0 Å². The van der Waals surface area contributed by atoms with Crippen LogP contribution < -0.4 is 5.32 Å². The Labute approximate surface area is 114 Å². The summed E-state index contributed by atoms with van der Waals surface area (Å²) in [4.78, 5) is 0. The Morgan fingerprint density at radius 1 is 1.53 bits per heavy atom. The van der Waals surface area contributed by atoms with Crippen LogP contribution in [0.4, 0.5) is 0 Å². The molecule has 1 fully saturated rings. The highest BCUT2D eigenvalue weighted by atomic mass is 16.5. The summed E-state index contributed by atoms with van der Waals surface area (Å²) in [5, 5.41) is 13.4. The van der Waals surface area contributed by atoms with Crippen LogP contribution in [0.3, 0.4) is 0 Å². The Balaban J connectivity index is 1.99. The second-order valence-corrected chi connectivity index (χ2v) is 5.35. The summed E-state index contributed by atoms with van der Waals surface area (Å²) >= 11 is 0. The van der Waals surface area contributed by atoms with E-state index in [1.165, 1.54) is 0 Å². The molecule has 4 nitrogen and oxygen atoms in total. The SMILES string of the molecule is COC1(CNC(C)c2ccc(C)cc2O)CCOC1. The van der Waals surface area contributed by atoms with Gasteiger partial charge in [0.15, 0.2) is 0 Å². The molecule has 1 aliphatic rings. The molecule has 0 spiro atoms. The number of aryl methyl sites for hydroxylation is 1. The standard InChI is InChI=1S/C15H23NO3/c1-11-4-5-13(14(17)8-11)12(2)16-9-15(18-3)6-7-19-10-15/h4-5,8,12,16-17H,6-7,9-10H2,1-3H3. The topological polar surface area (TPSA) is 50.7 Å². The van der Waals surface area contributed by atoms with Gasteiger partial charge in [0, 0.05) is 38.3 Å². The van der Waals surface area contributed by atoms with Crippen LogP contribution in [0, 0.1) is 6.92 Å². The Morgan fingerprint density at radius 3 is 2.89 bits per heavy atom. The third-order valence-corrected chi connectivity index (χ3v) is 3.88. The molecule has 2 unspecified atom stereocenters. The first kappa shape index (κ1) is 14.3. The number of methoxy groups -OCH3 is 1. The van der Waals surface area contributed by atoms with Gasteiger partial charge in [0.1, 0.15) is 11.4 Å². The Hall–Kier alpha value is -1.10. The minimum atomic E-state index is -0.228. The summed E-state index contributed by atoms with van der Waals surface area (Å²) in [5.74, 6) is 0.342. The first-order chi connectivity index (χ1) is 9.06. The molecule has 1 saturated heterocycles. The molecule has 0 radical (unpaired) electrons. The second-order valence-electron chi connectivity index (χ2n) is 5.35. The highest BCUT2D eigenvalue weighted by Gasteiger charge is 2.35. The van der Waals surface area contributed by atoms with Gasteiger partial charge in [0.25, 0.3) is 0 Å². The van der Waals surface area contributed by atoms with Crippen molar-refractivity contribution in [2.24, 2.45) is 0 Å². The van der Waals surface area contributed by atoms with Crippen LogP contribution in [0.5, 0.6) is 5.75 Å². The maximum Gasteiger partial charge on any atom is 0.120 e. The molecule has 0 aliphatic carbocycles. The summed E-state index contributed by atoms with van der Waals surface area (Å²) in [6.45, 7) is 6.11. The van der Waals surface area contributed by atoms with Crippen molar-refractivity contribution in [2.45, 2.75) is 31.9 Å². The van der Waals surface area contributed by atoms with Crippen molar-refractivity contribution >= 4 is 0 Å². The molecule has 0 amide bonds. The van der Waals surface area contributed by atoms with Crippen molar-refractivity contribution < 1.29 is 14.6 Å². The molecule has 1 heterocycles. The molecule has 2 atom stereocenters. The largest absolute Gasteiger partial charge is 0.508 e. The number of aromatic hydroxyl groups is 1. The van der Waals surface area contributed by atoms with E-state index >= 15 is 0 Å². The van der Waals surface area contributed by atoms with Crippen LogP contribution in [0.15, 0.2) is 18.2 Å². The Bertz CT molecular complexity index is 427. The van der Waals surface area contributed by atoms with Crippen molar-refractivity contribution in [3.63, 3.8) is 0 Å². The maximum absolute atomic E-state index is 9.98. The molecule has 4 heteroatoms. The molecule has 1 aromatic rings. The van der Waals surface area contributed by atoms with E-state index in [9.17, 15) is 5.11 Å². The molecular weight excluding hydrogens is 242 g/mol. The lowest BCUT2D eigenvalue weighted by Gasteiger charge is -2.28. The summed E-state index contributed by atoms with van der Waals surface area (Å²) in [6.07, 6.45) is 0.906. The van der Waals surface area contributed by atoms with E-state index in [4.69, 9.17) is 9.47 Å². The van der Waals surface area contributed by atoms with Crippen LogP contribution >= 0.6 is 0 Å². The third-order valence-electron chi connectivity index (χ3n) is 3.88. The first-order valence-electron chi connectivity index (χ1n) is 6.72. The molecule has 2 rings (SSSR count). The average molecular weight is 265 g/mol. The van der Waals surface area contributed by atoms with E-state index < -0.39 is 0 Å². The monoisotopic (exact) mass is 265 g/mol. The molecular formula is C15H23NO3. The van der Waals surface area contributed by atoms with Gasteiger partial charge < -0.3 is 19.9 Å². The van der Waals surface area contributed by atoms with Crippen molar-refractivity contribution in [3.8, 4) is 5.75 Å². The molecule has 1 aromatic carbocycles. The number of hydrogen-bond acceptors (Lipinski definition) is 4. The van der Waals surface area contributed by atoms with Crippen LogP contribution in [-0.2, 0) is 9.47 Å². The van der Waals surface area contributed by atoms with Crippen molar-refractivity contribution in [3.05, 3.63) is 29.3 Å². The van der Waals surface area contributed by atoms with E-state index in [1.807, 2.05) is 26.0 Å². The summed E-state index contributed by atoms with van der Waals surface area (Å²) in [5.41, 5.74) is 1.75. The Kier molecular flexibility index (Phi) is 4.45. The van der Waals surface area contributed by atoms with E-state index in [0.717, 1.165) is 30.7 Å². The van der Waals surface area contributed by atoms with Gasteiger partial charge in [0.2, 0.25) is 0 Å². The predicted octanol–water partition coefficient (Wildman–Crippen LogP) is 2.16. The molecule has 0 bridgehead atoms. The number of nitrogens with one attached hydrogen (secondary N) is 1. The number of phenolic OH excluding ortho intramolecular Hbond substituents is 1. The summed E-state index contributed by atoms with van der Waals surface area (Å²) < 4.78 is 11.0. The third kappa shape index (κ3) is 3.26. The lowest BCUT2D eigenvalue weighted by molar-refractivity contribution is -0.0172. The predicted molar refractivity (Wildman–Crippen MR) is 74.4 cm³/mol. The fourth-order valence-corrected chi connectivity index (χ4v) is 2.43. The van der Waals surface area contributed by atoms with Gasteiger partial charge in [-0.15, -0.1) is 0 Å². The second kappa shape index (κ2) is 5.90. The lowest BCUT2D eigenvalue weighted by atomic mass is 10.0. The molecule has 0 aromatic heterocycles. The van der Waals surface area contributed by atoms with Gasteiger partial charge in [-0.25, -0.2) is 0 Å². The minimum Gasteiger partial charge on any atom is -0.508 e. The molecule has 106 valence electrons. The first-order valence-corrected chi connectivity index (χ1v) is 6.72. The van der Waals surface area contributed by atoms with Crippen LogP contribution in [-0.4, -0.2) is 37.6 Å². The summed E-state index contributed by atoms with van der Waals surface area (Å²) in [7, 11) is 1.73. The van der Waals surface area contributed by atoms with Crippen molar-refractivity contribution in [2.75, 3.05) is 26.9 Å². The fourth-order valence-electron chi connectivity index (χ4n) is 2.43. The lowest BCUT2D eigenvalue weighted by Crippen LogP contribution is -2.43. The van der Waals surface area contributed by atoms with E-state index in [-0.39, 0.29) is 11.6 Å². The highest BCUT2D eigenvalue weighted by molar-refractivity contribution is 5.37. The van der Waals surface area contributed by atoms with E-state index in [2.05, 4.69) is 5.32 Å². The molecule has 2 N–H and O–H groups in total. The number of phenols is 1. The molecule has 1 aliphatic heterocycles. The van der Waals surface area contributed by atoms with Crippen LogP contribution in [0.1, 0.15) is 30.5 Å². The highest BCUT2D eigenvalue weighted by Crippen LogP contribution is 2.27. The van der Waals surface area contributed by atoms with Gasteiger partial charge in [0.05, 0.1) is 6.61 Å². The van der Waals surface area contributed by atoms with Gasteiger partial charge >= 0.3 is 0 Å². The van der Waals surface area contributed by atoms with Gasteiger partial charge in [-0.3, -0.25) is 0 Å². The normalized spacial score (nSPS) is 24.6. The zero-order chi connectivity index (χ0) is 13.9. The van der Waals surface area contributed by atoms with E-state index in [0.29, 0.717) is 12.4 Å². The summed E-state index contributed by atoms with van der Waals surface area (Å²) in [6, 6.07) is 5.84. The molecule has 19 heavy (non-hydrogen) atoms. The fraction of sp³-hybridized carbons (Fsp3) is 0.600. The maximum atomic E-state index is 9.98. The Morgan fingerprint density at radius 2 is 2.32 bits per heavy atom.